The minimum atomic E-state index is 0.367. The molecular weight excluding hydrogens is 148 g/mol. The van der Waals surface area contributed by atoms with Gasteiger partial charge in [0.1, 0.15) is 5.78 Å². The van der Waals surface area contributed by atoms with Crippen molar-refractivity contribution in [3.05, 3.63) is 12.7 Å². The Morgan fingerprint density at radius 1 is 1.58 bits per heavy atom. The zero-order chi connectivity index (χ0) is 8.97. The Bertz CT molecular complexity index is 172. The van der Waals surface area contributed by atoms with E-state index in [1.807, 2.05) is 6.08 Å². The Kier molecular flexibility index (Phi) is 3.51. The highest BCUT2D eigenvalue weighted by molar-refractivity contribution is 5.82. The summed E-state index contributed by atoms with van der Waals surface area (Å²) in [7, 11) is 0. The summed E-state index contributed by atoms with van der Waals surface area (Å²) in [4.78, 5) is 11.5. The Hall–Kier alpha value is -0.590. The molecule has 1 fully saturated rings. The van der Waals surface area contributed by atoms with Crippen LogP contribution in [-0.2, 0) is 4.79 Å². The smallest absolute Gasteiger partial charge is 0.136 e. The molecule has 0 saturated heterocycles. The van der Waals surface area contributed by atoms with E-state index in [0.717, 1.165) is 25.7 Å². The van der Waals surface area contributed by atoms with E-state index in [4.69, 9.17) is 0 Å². The molecule has 0 bridgehead atoms. The third-order valence-corrected chi connectivity index (χ3v) is 2.78. The van der Waals surface area contributed by atoms with Crippen LogP contribution >= 0.6 is 0 Å². The molecule has 0 aromatic rings. The average molecular weight is 166 g/mol. The fraction of sp³-hybridized carbons (Fsp3) is 0.727. The molecule has 0 aliphatic heterocycles. The summed E-state index contributed by atoms with van der Waals surface area (Å²) < 4.78 is 0. The highest BCUT2D eigenvalue weighted by Gasteiger charge is 2.25. The first-order valence-corrected chi connectivity index (χ1v) is 4.93. The van der Waals surface area contributed by atoms with Crippen LogP contribution in [0.3, 0.4) is 0 Å². The molecule has 68 valence electrons. The minimum absolute atomic E-state index is 0.367. The van der Waals surface area contributed by atoms with Gasteiger partial charge < -0.3 is 0 Å². The molecule has 1 nitrogen and oxygen atoms in total. The van der Waals surface area contributed by atoms with Crippen LogP contribution in [0.15, 0.2) is 12.7 Å². The Balaban J connectivity index is 2.42. The minimum Gasteiger partial charge on any atom is -0.299 e. The van der Waals surface area contributed by atoms with E-state index >= 15 is 0 Å². The van der Waals surface area contributed by atoms with Crippen molar-refractivity contribution in [3.8, 4) is 0 Å². The first kappa shape index (κ1) is 9.50. The zero-order valence-corrected chi connectivity index (χ0v) is 7.88. The van der Waals surface area contributed by atoms with Gasteiger partial charge in [0.2, 0.25) is 0 Å². The number of carbonyl (C=O) groups is 1. The maximum absolute atomic E-state index is 11.5. The molecule has 1 rings (SSSR count). The predicted molar refractivity (Wildman–Crippen MR) is 50.9 cm³/mol. The zero-order valence-electron chi connectivity index (χ0n) is 7.88. The monoisotopic (exact) mass is 166 g/mol. The SMILES string of the molecule is C=C[C@@H]1CCC(CCC)C(=O)C1. The number of hydrogen-bond donors (Lipinski definition) is 0. The molecule has 1 saturated carbocycles. The van der Waals surface area contributed by atoms with Gasteiger partial charge >= 0.3 is 0 Å². The number of ketones is 1. The maximum atomic E-state index is 11.5. The normalized spacial score (nSPS) is 30.2. The van der Waals surface area contributed by atoms with Gasteiger partial charge in [-0.05, 0) is 25.2 Å². The molecule has 0 N–H and O–H groups in total. The second-order valence-corrected chi connectivity index (χ2v) is 3.73. The van der Waals surface area contributed by atoms with Gasteiger partial charge in [0.05, 0.1) is 0 Å². The summed E-state index contributed by atoms with van der Waals surface area (Å²) in [5.74, 6) is 1.30. The second kappa shape index (κ2) is 4.44. The molecule has 0 heterocycles. The van der Waals surface area contributed by atoms with Crippen molar-refractivity contribution >= 4 is 5.78 Å². The molecule has 0 aromatic heterocycles. The largest absolute Gasteiger partial charge is 0.299 e. The summed E-state index contributed by atoms with van der Waals surface area (Å²) in [5, 5.41) is 0. The molecule has 0 aromatic carbocycles. The van der Waals surface area contributed by atoms with Crippen molar-refractivity contribution in [1.82, 2.24) is 0 Å². The lowest BCUT2D eigenvalue weighted by atomic mass is 9.79. The van der Waals surface area contributed by atoms with E-state index in [9.17, 15) is 4.79 Å². The van der Waals surface area contributed by atoms with E-state index in [1.54, 1.807) is 0 Å². The lowest BCUT2D eigenvalue weighted by Gasteiger charge is -2.24. The topological polar surface area (TPSA) is 17.1 Å². The highest BCUT2D eigenvalue weighted by Crippen LogP contribution is 2.29. The maximum Gasteiger partial charge on any atom is 0.136 e. The van der Waals surface area contributed by atoms with Gasteiger partial charge in [-0.15, -0.1) is 6.58 Å². The number of carbonyl (C=O) groups excluding carboxylic acids is 1. The summed E-state index contributed by atoms with van der Waals surface area (Å²) in [5.41, 5.74) is 0. The lowest BCUT2D eigenvalue weighted by molar-refractivity contribution is -0.125. The quantitative estimate of drug-likeness (QED) is 0.589. The van der Waals surface area contributed by atoms with Gasteiger partial charge in [-0.1, -0.05) is 19.4 Å². The second-order valence-electron chi connectivity index (χ2n) is 3.73. The fourth-order valence-corrected chi connectivity index (χ4v) is 1.96. The number of rotatable bonds is 3. The fourth-order valence-electron chi connectivity index (χ4n) is 1.96. The number of hydrogen-bond acceptors (Lipinski definition) is 1. The predicted octanol–water partition coefficient (Wildman–Crippen LogP) is 2.96. The van der Waals surface area contributed by atoms with Gasteiger partial charge in [-0.25, -0.2) is 0 Å². The summed E-state index contributed by atoms with van der Waals surface area (Å²) in [6.45, 7) is 5.88. The summed E-state index contributed by atoms with van der Waals surface area (Å²) >= 11 is 0. The molecule has 0 radical (unpaired) electrons. The molecule has 0 amide bonds. The third kappa shape index (κ3) is 2.20. The molecule has 12 heavy (non-hydrogen) atoms. The van der Waals surface area contributed by atoms with Crippen LogP contribution in [0.4, 0.5) is 0 Å². The molecule has 1 unspecified atom stereocenters. The Morgan fingerprint density at radius 2 is 2.33 bits per heavy atom. The van der Waals surface area contributed by atoms with Crippen molar-refractivity contribution in [2.24, 2.45) is 11.8 Å². The van der Waals surface area contributed by atoms with Crippen LogP contribution in [0.1, 0.15) is 39.0 Å². The van der Waals surface area contributed by atoms with Crippen molar-refractivity contribution in [2.75, 3.05) is 0 Å². The lowest BCUT2D eigenvalue weighted by Crippen LogP contribution is -2.23. The van der Waals surface area contributed by atoms with E-state index in [1.165, 1.54) is 6.42 Å². The van der Waals surface area contributed by atoms with Crippen molar-refractivity contribution in [2.45, 2.75) is 39.0 Å². The van der Waals surface area contributed by atoms with Gasteiger partial charge in [0, 0.05) is 12.3 Å². The molecule has 0 spiro atoms. The summed E-state index contributed by atoms with van der Waals surface area (Å²) in [6, 6.07) is 0. The highest BCUT2D eigenvalue weighted by atomic mass is 16.1. The van der Waals surface area contributed by atoms with Crippen LogP contribution < -0.4 is 0 Å². The number of Topliss-reactive ketones (excluding diaryl/α,β-unsaturated/α-hetero) is 1. The van der Waals surface area contributed by atoms with Crippen LogP contribution in [0, 0.1) is 11.8 Å². The van der Waals surface area contributed by atoms with E-state index < -0.39 is 0 Å². The van der Waals surface area contributed by atoms with E-state index in [-0.39, 0.29) is 0 Å². The van der Waals surface area contributed by atoms with Crippen molar-refractivity contribution < 1.29 is 4.79 Å². The standard InChI is InChI=1S/C11H18O/c1-3-5-10-7-6-9(4-2)8-11(10)12/h4,9-10H,2-3,5-8H2,1H3/t9-,10?/m1/s1. The molecule has 1 aliphatic carbocycles. The Morgan fingerprint density at radius 3 is 2.83 bits per heavy atom. The van der Waals surface area contributed by atoms with Crippen LogP contribution in [0.5, 0.6) is 0 Å². The van der Waals surface area contributed by atoms with Crippen molar-refractivity contribution in [1.29, 1.82) is 0 Å². The van der Waals surface area contributed by atoms with Crippen LogP contribution in [-0.4, -0.2) is 5.78 Å². The van der Waals surface area contributed by atoms with E-state index in [2.05, 4.69) is 13.5 Å². The molecule has 1 heteroatoms. The van der Waals surface area contributed by atoms with Crippen molar-refractivity contribution in [3.63, 3.8) is 0 Å². The van der Waals surface area contributed by atoms with Gasteiger partial charge in [0.25, 0.3) is 0 Å². The number of allylic oxidation sites excluding steroid dienone is 1. The third-order valence-electron chi connectivity index (χ3n) is 2.78. The first-order chi connectivity index (χ1) is 5.77. The Labute approximate surface area is 74.9 Å². The molecule has 1 aliphatic rings. The van der Waals surface area contributed by atoms with Crippen LogP contribution in [0.25, 0.3) is 0 Å². The van der Waals surface area contributed by atoms with Gasteiger partial charge in [-0.2, -0.15) is 0 Å². The molecular formula is C11H18O. The van der Waals surface area contributed by atoms with Gasteiger partial charge in [0.15, 0.2) is 0 Å². The van der Waals surface area contributed by atoms with E-state index in [0.29, 0.717) is 17.6 Å². The van der Waals surface area contributed by atoms with Crippen LogP contribution in [0.2, 0.25) is 0 Å². The molecule has 2 atom stereocenters. The summed E-state index contributed by atoms with van der Waals surface area (Å²) in [6.07, 6.45) is 7.15. The van der Waals surface area contributed by atoms with Gasteiger partial charge in [-0.3, -0.25) is 4.79 Å². The first-order valence-electron chi connectivity index (χ1n) is 4.93. The average Bonchev–Trinajstić information content (AvgIpc) is 2.09.